The first-order valence-corrected chi connectivity index (χ1v) is 9.23. The lowest BCUT2D eigenvalue weighted by Crippen LogP contribution is -2.24. The molecular weight excluding hydrogens is 420 g/mol. The van der Waals surface area contributed by atoms with Gasteiger partial charge in [0.05, 0.1) is 4.90 Å². The number of sulfonamides is 1. The maximum atomic E-state index is 12.4. The number of nitrogens with one attached hydrogen (secondary N) is 1. The van der Waals surface area contributed by atoms with Gasteiger partial charge in [-0.05, 0) is 64.7 Å². The summed E-state index contributed by atoms with van der Waals surface area (Å²) in [5.74, 6) is 0. The van der Waals surface area contributed by atoms with Crippen LogP contribution in [0.3, 0.4) is 0 Å². The summed E-state index contributed by atoms with van der Waals surface area (Å²) >= 11 is 6.67. The van der Waals surface area contributed by atoms with Crippen LogP contribution in [0.4, 0.5) is 0 Å². The zero-order valence-corrected chi connectivity index (χ0v) is 15.5. The Labute approximate surface area is 141 Å². The Morgan fingerprint density at radius 2 is 1.86 bits per heavy atom. The van der Waals surface area contributed by atoms with Crippen LogP contribution in [0.5, 0.6) is 0 Å². The van der Waals surface area contributed by atoms with Gasteiger partial charge < -0.3 is 0 Å². The van der Waals surface area contributed by atoms with Crippen LogP contribution in [0.25, 0.3) is 0 Å². The molecule has 2 rings (SSSR count). The molecule has 21 heavy (non-hydrogen) atoms. The van der Waals surface area contributed by atoms with Gasteiger partial charge in [0.15, 0.2) is 0 Å². The van der Waals surface area contributed by atoms with Crippen LogP contribution in [-0.2, 0) is 16.6 Å². The van der Waals surface area contributed by atoms with Gasteiger partial charge in [0.2, 0.25) is 10.0 Å². The lowest BCUT2D eigenvalue weighted by Gasteiger charge is -2.11. The lowest BCUT2D eigenvalue weighted by atomic mass is 10.2. The predicted molar refractivity (Wildman–Crippen MR) is 89.6 cm³/mol. The Hall–Kier alpha value is -0.760. The molecule has 0 amide bonds. The summed E-state index contributed by atoms with van der Waals surface area (Å²) in [6.45, 7) is 4.03. The normalized spacial score (nSPS) is 11.6. The molecule has 0 unspecified atom stereocenters. The summed E-state index contributed by atoms with van der Waals surface area (Å²) in [4.78, 5) is 4.21. The molecule has 112 valence electrons. The van der Waals surface area contributed by atoms with Gasteiger partial charge in [-0.3, -0.25) is 4.98 Å². The van der Waals surface area contributed by atoms with Crippen molar-refractivity contribution in [3.8, 4) is 0 Å². The van der Waals surface area contributed by atoms with E-state index in [1.54, 1.807) is 30.6 Å². The van der Waals surface area contributed by atoms with Crippen molar-refractivity contribution in [2.24, 2.45) is 0 Å². The number of benzene rings is 1. The number of rotatable bonds is 4. The molecule has 0 aliphatic rings. The molecule has 0 radical (unpaired) electrons. The molecule has 4 nitrogen and oxygen atoms in total. The highest BCUT2D eigenvalue weighted by atomic mass is 79.9. The van der Waals surface area contributed by atoms with E-state index in [0.29, 0.717) is 4.47 Å². The van der Waals surface area contributed by atoms with Gasteiger partial charge in [-0.25, -0.2) is 13.1 Å². The highest BCUT2D eigenvalue weighted by molar-refractivity contribution is 9.11. The second-order valence-corrected chi connectivity index (χ2v) is 8.10. The van der Waals surface area contributed by atoms with Crippen LogP contribution in [-0.4, -0.2) is 13.4 Å². The zero-order chi connectivity index (χ0) is 15.6. The van der Waals surface area contributed by atoms with E-state index in [1.807, 2.05) is 13.8 Å². The third-order valence-corrected chi connectivity index (χ3v) is 6.31. The van der Waals surface area contributed by atoms with Crippen molar-refractivity contribution in [2.75, 3.05) is 0 Å². The SMILES string of the molecule is Cc1cc(Br)c(S(=O)(=O)NCc2ccncc2C)cc1Br. The fourth-order valence-electron chi connectivity index (χ4n) is 1.79. The fourth-order valence-corrected chi connectivity index (χ4v) is 4.47. The van der Waals surface area contributed by atoms with Gasteiger partial charge in [-0.1, -0.05) is 15.9 Å². The minimum Gasteiger partial charge on any atom is -0.264 e. The van der Waals surface area contributed by atoms with Crippen LogP contribution < -0.4 is 4.72 Å². The molecule has 7 heteroatoms. The first-order chi connectivity index (χ1) is 9.81. The van der Waals surface area contributed by atoms with Gasteiger partial charge in [0, 0.05) is 27.9 Å². The molecule has 0 atom stereocenters. The summed E-state index contributed by atoms with van der Waals surface area (Å²) in [7, 11) is -3.59. The van der Waals surface area contributed by atoms with Crippen molar-refractivity contribution in [3.63, 3.8) is 0 Å². The summed E-state index contributed by atoms with van der Waals surface area (Å²) < 4.78 is 28.8. The Kier molecular flexibility index (Phi) is 5.19. The molecule has 0 spiro atoms. The molecule has 1 N–H and O–H groups in total. The highest BCUT2D eigenvalue weighted by Crippen LogP contribution is 2.28. The predicted octanol–water partition coefficient (Wildman–Crippen LogP) is 3.70. The maximum absolute atomic E-state index is 12.4. The topological polar surface area (TPSA) is 59.1 Å². The standard InChI is InChI=1S/C14H14Br2N2O2S/c1-9-5-13(16)14(6-12(9)15)21(19,20)18-8-11-3-4-17-7-10(11)2/h3-7,18H,8H2,1-2H3. The van der Waals surface area contributed by atoms with Crippen molar-refractivity contribution in [1.29, 1.82) is 0 Å². The van der Waals surface area contributed by atoms with Gasteiger partial charge in [0.1, 0.15) is 0 Å². The molecule has 1 aromatic heterocycles. The first-order valence-electron chi connectivity index (χ1n) is 6.16. The summed E-state index contributed by atoms with van der Waals surface area (Å²) in [5, 5.41) is 0. The Morgan fingerprint density at radius 3 is 2.52 bits per heavy atom. The molecule has 0 aliphatic heterocycles. The molecule has 0 fully saturated rings. The number of nitrogens with zero attached hydrogens (tertiary/aromatic N) is 1. The van der Waals surface area contributed by atoms with Crippen molar-refractivity contribution in [3.05, 3.63) is 56.2 Å². The Bertz CT molecular complexity index is 777. The van der Waals surface area contributed by atoms with Crippen LogP contribution >= 0.6 is 31.9 Å². The van der Waals surface area contributed by atoms with Crippen LogP contribution in [0.2, 0.25) is 0 Å². The van der Waals surface area contributed by atoms with E-state index in [-0.39, 0.29) is 11.4 Å². The van der Waals surface area contributed by atoms with Gasteiger partial charge >= 0.3 is 0 Å². The monoisotopic (exact) mass is 432 g/mol. The van der Waals surface area contributed by atoms with Gasteiger partial charge in [0.25, 0.3) is 0 Å². The molecular formula is C14H14Br2N2O2S. The molecule has 0 aliphatic carbocycles. The van der Waals surface area contributed by atoms with Crippen LogP contribution in [0.1, 0.15) is 16.7 Å². The van der Waals surface area contributed by atoms with Gasteiger partial charge in [-0.2, -0.15) is 0 Å². The largest absolute Gasteiger partial charge is 0.264 e. The Morgan fingerprint density at radius 1 is 1.14 bits per heavy atom. The molecule has 1 aromatic carbocycles. The molecule has 0 saturated carbocycles. The smallest absolute Gasteiger partial charge is 0.242 e. The number of hydrogen-bond donors (Lipinski definition) is 1. The first kappa shape index (κ1) is 16.6. The number of aryl methyl sites for hydroxylation is 2. The molecule has 1 heterocycles. The zero-order valence-electron chi connectivity index (χ0n) is 11.5. The number of hydrogen-bond acceptors (Lipinski definition) is 3. The second-order valence-electron chi connectivity index (χ2n) is 4.66. The fraction of sp³-hybridized carbons (Fsp3) is 0.214. The van der Waals surface area contributed by atoms with Crippen molar-refractivity contribution >= 4 is 41.9 Å². The van der Waals surface area contributed by atoms with E-state index in [1.165, 1.54) is 0 Å². The maximum Gasteiger partial charge on any atom is 0.242 e. The van der Waals surface area contributed by atoms with Crippen LogP contribution in [0, 0.1) is 13.8 Å². The van der Waals surface area contributed by atoms with E-state index in [9.17, 15) is 8.42 Å². The summed E-state index contributed by atoms with van der Waals surface area (Å²) in [6.07, 6.45) is 3.36. The van der Waals surface area contributed by atoms with Gasteiger partial charge in [-0.15, -0.1) is 0 Å². The number of pyridine rings is 1. The van der Waals surface area contributed by atoms with E-state index >= 15 is 0 Å². The van der Waals surface area contributed by atoms with E-state index < -0.39 is 10.0 Å². The van der Waals surface area contributed by atoms with E-state index in [2.05, 4.69) is 41.6 Å². The molecule has 0 saturated heterocycles. The quantitative estimate of drug-likeness (QED) is 0.799. The second kappa shape index (κ2) is 6.56. The third kappa shape index (κ3) is 3.91. The summed E-state index contributed by atoms with van der Waals surface area (Å²) in [6, 6.07) is 5.18. The average Bonchev–Trinajstić information content (AvgIpc) is 2.42. The number of halogens is 2. The van der Waals surface area contributed by atoms with E-state index in [4.69, 9.17) is 0 Å². The van der Waals surface area contributed by atoms with Crippen molar-refractivity contribution in [1.82, 2.24) is 9.71 Å². The van der Waals surface area contributed by atoms with E-state index in [0.717, 1.165) is 21.2 Å². The number of aromatic nitrogens is 1. The van der Waals surface area contributed by atoms with Crippen molar-refractivity contribution in [2.45, 2.75) is 25.3 Å². The van der Waals surface area contributed by atoms with Crippen molar-refractivity contribution < 1.29 is 8.42 Å². The molecule has 2 aromatic rings. The highest BCUT2D eigenvalue weighted by Gasteiger charge is 2.19. The lowest BCUT2D eigenvalue weighted by molar-refractivity contribution is 0.580. The Balaban J connectivity index is 2.27. The van der Waals surface area contributed by atoms with Crippen LogP contribution in [0.15, 0.2) is 44.4 Å². The third-order valence-electron chi connectivity index (χ3n) is 3.09. The average molecular weight is 434 g/mol. The minimum atomic E-state index is -3.59. The minimum absolute atomic E-state index is 0.215. The molecule has 0 bridgehead atoms. The summed E-state index contributed by atoms with van der Waals surface area (Å²) in [5.41, 5.74) is 2.81.